The molecule has 0 radical (unpaired) electrons. The molecule has 1 aromatic heterocycles. The molecule has 1 aliphatic rings. The molecule has 1 unspecified atom stereocenters. The molecule has 24 heavy (non-hydrogen) atoms. The molecule has 0 amide bonds. The topological polar surface area (TPSA) is 78.6 Å². The Balaban J connectivity index is 1.50. The molecule has 1 atom stereocenters. The van der Waals surface area contributed by atoms with Gasteiger partial charge in [-0.15, -0.1) is 0 Å². The van der Waals surface area contributed by atoms with Crippen LogP contribution in [0.1, 0.15) is 18.1 Å². The van der Waals surface area contributed by atoms with E-state index in [4.69, 9.17) is 4.52 Å². The largest absolute Gasteiger partial charge is 0.369 e. The second kappa shape index (κ2) is 7.65. The normalized spacial score (nSPS) is 18.0. The Kier molecular flexibility index (Phi) is 5.34. The van der Waals surface area contributed by atoms with E-state index in [9.17, 15) is 0 Å². The van der Waals surface area contributed by atoms with Crippen LogP contribution >= 0.6 is 15.9 Å². The van der Waals surface area contributed by atoms with Crippen molar-refractivity contribution in [2.75, 3.05) is 25.0 Å². The molecule has 0 aliphatic carbocycles. The summed E-state index contributed by atoms with van der Waals surface area (Å²) in [6.07, 6.45) is 1.07. The van der Waals surface area contributed by atoms with Crippen molar-refractivity contribution in [3.8, 4) is 0 Å². The van der Waals surface area contributed by atoms with Gasteiger partial charge in [0.15, 0.2) is 11.8 Å². The van der Waals surface area contributed by atoms with E-state index in [1.165, 1.54) is 5.69 Å². The van der Waals surface area contributed by atoms with Gasteiger partial charge in [-0.25, -0.2) is 0 Å². The highest BCUT2D eigenvalue weighted by atomic mass is 79.9. The second-order valence-electron chi connectivity index (χ2n) is 5.71. The maximum atomic E-state index is 5.10. The summed E-state index contributed by atoms with van der Waals surface area (Å²) in [6.45, 7) is 4.24. The van der Waals surface area contributed by atoms with Crippen LogP contribution in [-0.4, -0.2) is 42.3 Å². The van der Waals surface area contributed by atoms with Crippen molar-refractivity contribution < 1.29 is 4.52 Å². The van der Waals surface area contributed by atoms with Crippen molar-refractivity contribution in [3.63, 3.8) is 0 Å². The Hall–Kier alpha value is -2.09. The first-order valence-electron chi connectivity index (χ1n) is 7.91. The number of rotatable bonds is 4. The van der Waals surface area contributed by atoms with Crippen molar-refractivity contribution in [3.05, 3.63) is 40.5 Å². The third-order valence-corrected chi connectivity index (χ3v) is 4.45. The highest BCUT2D eigenvalue weighted by Gasteiger charge is 2.23. The summed E-state index contributed by atoms with van der Waals surface area (Å²) in [5.41, 5.74) is 1.24. The fraction of sp³-hybridized carbons (Fsp3) is 0.438. The number of nitrogens with one attached hydrogen (secondary N) is 2. The summed E-state index contributed by atoms with van der Waals surface area (Å²) in [5.74, 6) is 1.93. The van der Waals surface area contributed by atoms with E-state index in [-0.39, 0.29) is 0 Å². The minimum absolute atomic E-state index is 0.351. The van der Waals surface area contributed by atoms with Crippen LogP contribution in [0.25, 0.3) is 0 Å². The number of hydrogen-bond acceptors (Lipinski definition) is 5. The van der Waals surface area contributed by atoms with E-state index in [2.05, 4.69) is 70.9 Å². The Bertz CT molecular complexity index is 699. The predicted molar refractivity (Wildman–Crippen MR) is 97.1 cm³/mol. The third-order valence-electron chi connectivity index (χ3n) is 3.92. The molecule has 0 saturated carbocycles. The molecule has 0 bridgehead atoms. The lowest BCUT2D eigenvalue weighted by Gasteiger charge is -2.20. The van der Waals surface area contributed by atoms with Gasteiger partial charge in [0.2, 0.25) is 5.89 Å². The smallest absolute Gasteiger partial charge is 0.246 e. The van der Waals surface area contributed by atoms with Gasteiger partial charge < -0.3 is 20.1 Å². The second-order valence-corrected chi connectivity index (χ2v) is 6.63. The highest BCUT2D eigenvalue weighted by Crippen LogP contribution is 2.22. The van der Waals surface area contributed by atoms with Crippen molar-refractivity contribution in [2.45, 2.75) is 25.9 Å². The Morgan fingerprint density at radius 2 is 2.21 bits per heavy atom. The molecule has 3 rings (SSSR count). The van der Waals surface area contributed by atoms with Gasteiger partial charge in [-0.2, -0.15) is 4.98 Å². The minimum Gasteiger partial charge on any atom is -0.369 e. The van der Waals surface area contributed by atoms with Crippen LogP contribution in [0.15, 0.2) is 38.3 Å². The molecule has 1 aliphatic heterocycles. The fourth-order valence-corrected chi connectivity index (χ4v) is 2.99. The van der Waals surface area contributed by atoms with Crippen LogP contribution in [0.4, 0.5) is 5.69 Å². The van der Waals surface area contributed by atoms with Gasteiger partial charge in [-0.3, -0.25) is 4.99 Å². The molecule has 2 heterocycles. The number of nitrogens with zero attached hydrogens (tertiary/aromatic N) is 4. The molecule has 2 N–H and O–H groups in total. The number of guanidine groups is 1. The van der Waals surface area contributed by atoms with Gasteiger partial charge in [0.05, 0.1) is 6.54 Å². The zero-order valence-corrected chi connectivity index (χ0v) is 15.4. The first-order chi connectivity index (χ1) is 11.6. The number of aryl methyl sites for hydroxylation is 1. The van der Waals surface area contributed by atoms with Gasteiger partial charge >= 0.3 is 0 Å². The van der Waals surface area contributed by atoms with E-state index in [0.717, 1.165) is 29.9 Å². The zero-order valence-electron chi connectivity index (χ0n) is 13.8. The average Bonchev–Trinajstić information content (AvgIpc) is 3.21. The monoisotopic (exact) mass is 392 g/mol. The first kappa shape index (κ1) is 16.8. The average molecular weight is 393 g/mol. The number of aromatic nitrogens is 2. The number of hydrogen-bond donors (Lipinski definition) is 2. The maximum absolute atomic E-state index is 5.10. The van der Waals surface area contributed by atoms with Crippen LogP contribution < -0.4 is 15.5 Å². The molecule has 128 valence electrons. The molecule has 0 spiro atoms. The summed E-state index contributed by atoms with van der Waals surface area (Å²) in [4.78, 5) is 10.8. The summed E-state index contributed by atoms with van der Waals surface area (Å²) < 4.78 is 6.19. The van der Waals surface area contributed by atoms with E-state index in [1.54, 1.807) is 14.0 Å². The van der Waals surface area contributed by atoms with Gasteiger partial charge in [-0.1, -0.05) is 21.1 Å². The highest BCUT2D eigenvalue weighted by molar-refractivity contribution is 9.10. The lowest BCUT2D eigenvalue weighted by Crippen LogP contribution is -2.44. The minimum atomic E-state index is 0.351. The summed E-state index contributed by atoms with van der Waals surface area (Å²) >= 11 is 3.47. The standard InChI is InChI=1S/C16H21BrN6O/c1-11-20-15(24-22-11)9-19-16(18-2)21-13-7-8-23(10-13)14-5-3-12(17)4-6-14/h3-6,13H,7-10H2,1-2H3,(H2,18,19,21). The summed E-state index contributed by atoms with van der Waals surface area (Å²) in [6, 6.07) is 8.77. The zero-order chi connectivity index (χ0) is 16.9. The summed E-state index contributed by atoms with van der Waals surface area (Å²) in [5, 5.41) is 10.4. The SMILES string of the molecule is CN=C(NCc1nc(C)no1)NC1CCN(c2ccc(Br)cc2)C1. The van der Waals surface area contributed by atoms with Crippen LogP contribution in [0.3, 0.4) is 0 Å². The van der Waals surface area contributed by atoms with Gasteiger partial charge in [0.1, 0.15) is 0 Å². The van der Waals surface area contributed by atoms with E-state index in [0.29, 0.717) is 24.3 Å². The first-order valence-corrected chi connectivity index (χ1v) is 8.70. The molecular weight excluding hydrogens is 372 g/mol. The van der Waals surface area contributed by atoms with E-state index >= 15 is 0 Å². The van der Waals surface area contributed by atoms with Gasteiger partial charge in [0, 0.05) is 36.3 Å². The van der Waals surface area contributed by atoms with Crippen LogP contribution in [0.5, 0.6) is 0 Å². The van der Waals surface area contributed by atoms with Crippen LogP contribution in [-0.2, 0) is 6.54 Å². The lowest BCUT2D eigenvalue weighted by atomic mass is 10.3. The predicted octanol–water partition coefficient (Wildman–Crippen LogP) is 2.08. The van der Waals surface area contributed by atoms with Crippen molar-refractivity contribution in [1.82, 2.24) is 20.8 Å². The van der Waals surface area contributed by atoms with E-state index < -0.39 is 0 Å². The van der Waals surface area contributed by atoms with E-state index in [1.807, 2.05) is 0 Å². The molecule has 1 saturated heterocycles. The Morgan fingerprint density at radius 3 is 2.88 bits per heavy atom. The number of aliphatic imine (C=N–C) groups is 1. The third kappa shape index (κ3) is 4.25. The van der Waals surface area contributed by atoms with Crippen molar-refractivity contribution in [2.24, 2.45) is 4.99 Å². The molecule has 2 aromatic rings. The quantitative estimate of drug-likeness (QED) is 0.612. The van der Waals surface area contributed by atoms with Crippen molar-refractivity contribution in [1.29, 1.82) is 0 Å². The number of anilines is 1. The van der Waals surface area contributed by atoms with Crippen LogP contribution in [0, 0.1) is 6.92 Å². The number of benzene rings is 1. The van der Waals surface area contributed by atoms with Crippen molar-refractivity contribution >= 4 is 27.6 Å². The molecule has 8 heteroatoms. The van der Waals surface area contributed by atoms with Crippen LogP contribution in [0.2, 0.25) is 0 Å². The fourth-order valence-electron chi connectivity index (χ4n) is 2.72. The molecule has 1 fully saturated rings. The Labute approximate surface area is 149 Å². The molecule has 7 nitrogen and oxygen atoms in total. The molecular formula is C16H21BrN6O. The molecule has 1 aromatic carbocycles. The number of halogens is 1. The van der Waals surface area contributed by atoms with Gasteiger partial charge in [0.25, 0.3) is 0 Å². The Morgan fingerprint density at radius 1 is 1.42 bits per heavy atom. The maximum Gasteiger partial charge on any atom is 0.246 e. The van der Waals surface area contributed by atoms with Gasteiger partial charge in [-0.05, 0) is 37.6 Å². The lowest BCUT2D eigenvalue weighted by molar-refractivity contribution is 0.371. The summed E-state index contributed by atoms with van der Waals surface area (Å²) in [7, 11) is 1.76.